The number of halogens is 3. The van der Waals surface area contributed by atoms with Gasteiger partial charge in [-0.2, -0.15) is 0 Å². The highest BCUT2D eigenvalue weighted by atomic mass is 127. The fourth-order valence-corrected chi connectivity index (χ4v) is 4.22. The molecule has 0 atom stereocenters. The van der Waals surface area contributed by atoms with Crippen LogP contribution in [0.4, 0.5) is 8.78 Å². The van der Waals surface area contributed by atoms with Gasteiger partial charge in [0.15, 0.2) is 17.4 Å². The lowest BCUT2D eigenvalue weighted by atomic mass is 9.78. The minimum Gasteiger partial charge on any atom is -0.356 e. The Labute approximate surface area is 191 Å². The van der Waals surface area contributed by atoms with Crippen molar-refractivity contribution in [1.82, 2.24) is 25.2 Å². The van der Waals surface area contributed by atoms with E-state index in [1.807, 2.05) is 28.8 Å². The van der Waals surface area contributed by atoms with Crippen LogP contribution in [0, 0.1) is 11.6 Å². The third-order valence-corrected chi connectivity index (χ3v) is 5.67. The van der Waals surface area contributed by atoms with Crippen molar-refractivity contribution in [3.63, 3.8) is 0 Å². The molecule has 160 valence electrons. The molecule has 1 aliphatic carbocycles. The van der Waals surface area contributed by atoms with Crippen molar-refractivity contribution in [2.75, 3.05) is 13.6 Å². The Morgan fingerprint density at radius 1 is 1.07 bits per heavy atom. The van der Waals surface area contributed by atoms with Gasteiger partial charge in [0.05, 0.1) is 6.54 Å². The molecule has 2 aromatic heterocycles. The number of aromatic nitrogens is 3. The Morgan fingerprint density at radius 3 is 2.50 bits per heavy atom. The maximum atomic E-state index is 14.5. The van der Waals surface area contributed by atoms with Crippen LogP contribution in [-0.2, 0) is 12.0 Å². The van der Waals surface area contributed by atoms with Crippen LogP contribution in [0.25, 0.3) is 5.65 Å². The molecular weight excluding hydrogens is 501 g/mol. The molecule has 1 aromatic carbocycles. The Balaban J connectivity index is 0.00000256. The van der Waals surface area contributed by atoms with Crippen LogP contribution in [0.2, 0.25) is 0 Å². The lowest BCUT2D eigenvalue weighted by molar-refractivity contribution is 0.386. The van der Waals surface area contributed by atoms with Crippen molar-refractivity contribution in [2.45, 2.75) is 37.6 Å². The summed E-state index contributed by atoms with van der Waals surface area (Å²) in [6, 6.07) is 9.79. The molecule has 0 saturated heterocycles. The zero-order valence-corrected chi connectivity index (χ0v) is 19.1. The van der Waals surface area contributed by atoms with Crippen LogP contribution in [0.5, 0.6) is 0 Å². The Hall–Kier alpha value is -2.30. The van der Waals surface area contributed by atoms with Gasteiger partial charge < -0.3 is 10.6 Å². The Morgan fingerprint density at radius 2 is 1.80 bits per heavy atom. The summed E-state index contributed by atoms with van der Waals surface area (Å²) in [6.07, 6.45) is 5.28. The number of nitrogens with one attached hydrogen (secondary N) is 2. The molecular formula is C21H25F2IN6. The third-order valence-electron chi connectivity index (χ3n) is 5.67. The molecule has 1 fully saturated rings. The molecule has 6 nitrogen and oxygen atoms in total. The molecule has 0 aliphatic heterocycles. The summed E-state index contributed by atoms with van der Waals surface area (Å²) in [5.74, 6) is 0.345. The van der Waals surface area contributed by atoms with Gasteiger partial charge in [0.25, 0.3) is 0 Å². The van der Waals surface area contributed by atoms with Gasteiger partial charge in [-0.15, -0.1) is 34.2 Å². The van der Waals surface area contributed by atoms with Crippen molar-refractivity contribution in [3.8, 4) is 0 Å². The summed E-state index contributed by atoms with van der Waals surface area (Å²) < 4.78 is 30.9. The van der Waals surface area contributed by atoms with Gasteiger partial charge in [-0.3, -0.25) is 9.39 Å². The van der Waals surface area contributed by atoms with Crippen molar-refractivity contribution in [3.05, 3.63) is 65.6 Å². The second kappa shape index (κ2) is 9.67. The predicted octanol–water partition coefficient (Wildman–Crippen LogP) is 3.80. The van der Waals surface area contributed by atoms with Crippen LogP contribution in [0.15, 0.2) is 47.6 Å². The highest BCUT2D eigenvalue weighted by Crippen LogP contribution is 2.42. The first-order valence-corrected chi connectivity index (χ1v) is 9.81. The van der Waals surface area contributed by atoms with Crippen LogP contribution < -0.4 is 10.6 Å². The molecule has 0 spiro atoms. The van der Waals surface area contributed by atoms with E-state index in [-0.39, 0.29) is 29.5 Å². The fraction of sp³-hybridized carbons (Fsp3) is 0.381. The van der Waals surface area contributed by atoms with E-state index in [9.17, 15) is 8.78 Å². The first kappa shape index (κ1) is 22.4. The molecule has 9 heteroatoms. The quantitative estimate of drug-likeness (QED) is 0.302. The van der Waals surface area contributed by atoms with Crippen LogP contribution >= 0.6 is 24.0 Å². The number of rotatable bonds is 5. The van der Waals surface area contributed by atoms with Gasteiger partial charge in [0, 0.05) is 30.8 Å². The minimum atomic E-state index is -0.575. The second-order valence-corrected chi connectivity index (χ2v) is 7.41. The largest absolute Gasteiger partial charge is 0.356 e. The zero-order chi connectivity index (χ0) is 20.3. The van der Waals surface area contributed by atoms with Gasteiger partial charge in [0.2, 0.25) is 0 Å². The monoisotopic (exact) mass is 526 g/mol. The van der Waals surface area contributed by atoms with E-state index < -0.39 is 17.0 Å². The molecule has 1 aliphatic rings. The summed E-state index contributed by atoms with van der Waals surface area (Å²) in [5, 5.41) is 14.8. The lowest BCUT2D eigenvalue weighted by Crippen LogP contribution is -2.45. The molecule has 0 radical (unpaired) electrons. The van der Waals surface area contributed by atoms with Crippen molar-refractivity contribution in [1.29, 1.82) is 0 Å². The summed E-state index contributed by atoms with van der Waals surface area (Å²) in [5.41, 5.74) is 0.380. The first-order valence-electron chi connectivity index (χ1n) is 9.81. The molecule has 0 bridgehead atoms. The summed E-state index contributed by atoms with van der Waals surface area (Å²) in [6.45, 7) is 0.830. The summed E-state index contributed by atoms with van der Waals surface area (Å²) in [4.78, 5) is 4.25. The summed E-state index contributed by atoms with van der Waals surface area (Å²) in [7, 11) is 1.67. The molecule has 30 heavy (non-hydrogen) atoms. The number of nitrogens with zero attached hydrogens (tertiary/aromatic N) is 4. The number of pyridine rings is 1. The third kappa shape index (κ3) is 4.40. The van der Waals surface area contributed by atoms with Gasteiger partial charge in [-0.05, 0) is 37.1 Å². The normalized spacial score (nSPS) is 15.8. The van der Waals surface area contributed by atoms with Gasteiger partial charge >= 0.3 is 0 Å². The standard InChI is InChI=1S/C21H24F2N6.HI/c1-24-20(25-13-18-28-27-17-9-2-5-12-29(17)18)26-14-21(10-3-4-11-21)19-15(22)7-6-8-16(19)23;/h2,5-9,12H,3-4,10-11,13-14H2,1H3,(H2,24,25,26);1H. The molecule has 2 heterocycles. The minimum absolute atomic E-state index is 0. The predicted molar refractivity (Wildman–Crippen MR) is 123 cm³/mol. The van der Waals surface area contributed by atoms with Crippen molar-refractivity contribution in [2.24, 2.45) is 4.99 Å². The topological polar surface area (TPSA) is 66.6 Å². The van der Waals surface area contributed by atoms with E-state index in [4.69, 9.17) is 0 Å². The number of aliphatic imine (C=N–C) groups is 1. The van der Waals surface area contributed by atoms with Crippen molar-refractivity contribution >= 4 is 35.6 Å². The van der Waals surface area contributed by atoms with E-state index in [2.05, 4.69) is 25.8 Å². The molecule has 4 rings (SSSR count). The number of fused-ring (bicyclic) bond motifs is 1. The summed E-state index contributed by atoms with van der Waals surface area (Å²) >= 11 is 0. The maximum Gasteiger partial charge on any atom is 0.191 e. The lowest BCUT2D eigenvalue weighted by Gasteiger charge is -2.31. The van der Waals surface area contributed by atoms with Crippen LogP contribution in [0.1, 0.15) is 37.1 Å². The maximum absolute atomic E-state index is 14.5. The van der Waals surface area contributed by atoms with E-state index in [0.29, 0.717) is 19.0 Å². The highest BCUT2D eigenvalue weighted by molar-refractivity contribution is 14.0. The van der Waals surface area contributed by atoms with E-state index in [0.717, 1.165) is 37.2 Å². The van der Waals surface area contributed by atoms with Gasteiger partial charge in [-0.1, -0.05) is 25.0 Å². The molecule has 2 N–H and O–H groups in total. The van der Waals surface area contributed by atoms with Gasteiger partial charge in [-0.25, -0.2) is 8.78 Å². The number of benzene rings is 1. The van der Waals surface area contributed by atoms with Crippen molar-refractivity contribution < 1.29 is 8.78 Å². The second-order valence-electron chi connectivity index (χ2n) is 7.41. The Kier molecular flexibility index (Phi) is 7.22. The molecule has 0 amide bonds. The first-order chi connectivity index (χ1) is 14.1. The van der Waals surface area contributed by atoms with E-state index in [1.54, 1.807) is 7.05 Å². The number of guanidine groups is 1. The number of hydrogen-bond donors (Lipinski definition) is 2. The zero-order valence-electron chi connectivity index (χ0n) is 16.7. The average Bonchev–Trinajstić information content (AvgIpc) is 3.36. The fourth-order valence-electron chi connectivity index (χ4n) is 4.22. The molecule has 1 saturated carbocycles. The average molecular weight is 526 g/mol. The van der Waals surface area contributed by atoms with Crippen LogP contribution in [0.3, 0.4) is 0 Å². The molecule has 0 unspecified atom stereocenters. The van der Waals surface area contributed by atoms with Gasteiger partial charge in [0.1, 0.15) is 11.6 Å². The number of hydrogen-bond acceptors (Lipinski definition) is 3. The smallest absolute Gasteiger partial charge is 0.191 e. The molecule has 3 aromatic rings. The van der Waals surface area contributed by atoms with E-state index >= 15 is 0 Å². The SMILES string of the molecule is CN=C(NCc1nnc2ccccn12)NCC1(c2c(F)cccc2F)CCCC1.I. The van der Waals surface area contributed by atoms with E-state index in [1.165, 1.54) is 18.2 Å². The Bertz CT molecular complexity index is 1010. The highest BCUT2D eigenvalue weighted by Gasteiger charge is 2.39. The van der Waals surface area contributed by atoms with Crippen LogP contribution in [-0.4, -0.2) is 34.2 Å².